The van der Waals surface area contributed by atoms with Gasteiger partial charge in [0.15, 0.2) is 17.7 Å². The van der Waals surface area contributed by atoms with E-state index in [2.05, 4.69) is 0 Å². The lowest BCUT2D eigenvalue weighted by molar-refractivity contribution is -0.135. The van der Waals surface area contributed by atoms with Crippen molar-refractivity contribution in [3.8, 4) is 5.75 Å². The van der Waals surface area contributed by atoms with Gasteiger partial charge in [-0.25, -0.2) is 8.78 Å². The number of hydrogen-bond donors (Lipinski definition) is 0. The van der Waals surface area contributed by atoms with E-state index in [4.69, 9.17) is 4.74 Å². The van der Waals surface area contributed by atoms with Gasteiger partial charge >= 0.3 is 0 Å². The van der Waals surface area contributed by atoms with E-state index >= 15 is 0 Å². The molecule has 1 unspecified atom stereocenters. The summed E-state index contributed by atoms with van der Waals surface area (Å²) in [6.45, 7) is 1.55. The molecule has 0 saturated carbocycles. The van der Waals surface area contributed by atoms with Crippen LogP contribution in [0.25, 0.3) is 0 Å². The monoisotopic (exact) mass is 229 g/mol. The largest absolute Gasteiger partial charge is 0.481 e. The number of hydrogen-bond acceptors (Lipinski definition) is 2. The van der Waals surface area contributed by atoms with Crippen molar-refractivity contribution in [1.82, 2.24) is 4.90 Å². The van der Waals surface area contributed by atoms with Gasteiger partial charge in [0.1, 0.15) is 5.75 Å². The van der Waals surface area contributed by atoms with Gasteiger partial charge in [-0.1, -0.05) is 0 Å². The number of rotatable bonds is 3. The second-order valence-corrected chi connectivity index (χ2v) is 3.57. The molecule has 5 heteroatoms. The van der Waals surface area contributed by atoms with Crippen molar-refractivity contribution < 1.29 is 18.3 Å². The average Bonchev–Trinajstić information content (AvgIpc) is 2.22. The molecule has 0 aliphatic rings. The minimum Gasteiger partial charge on any atom is -0.481 e. The topological polar surface area (TPSA) is 29.5 Å². The molecule has 0 spiro atoms. The maximum atomic E-state index is 12.8. The van der Waals surface area contributed by atoms with Crippen molar-refractivity contribution >= 4 is 5.91 Å². The van der Waals surface area contributed by atoms with Crippen molar-refractivity contribution in [1.29, 1.82) is 0 Å². The minimum atomic E-state index is -0.998. The second kappa shape index (κ2) is 4.92. The Balaban J connectivity index is 2.73. The van der Waals surface area contributed by atoms with Gasteiger partial charge in [-0.05, 0) is 19.1 Å². The van der Waals surface area contributed by atoms with Gasteiger partial charge in [0, 0.05) is 20.2 Å². The maximum Gasteiger partial charge on any atom is 0.262 e. The molecule has 0 aliphatic heterocycles. The van der Waals surface area contributed by atoms with E-state index in [1.54, 1.807) is 21.0 Å². The van der Waals surface area contributed by atoms with Crippen LogP contribution < -0.4 is 4.74 Å². The van der Waals surface area contributed by atoms with Gasteiger partial charge in [-0.2, -0.15) is 0 Å². The van der Waals surface area contributed by atoms with Crippen molar-refractivity contribution in [3.05, 3.63) is 29.8 Å². The Morgan fingerprint density at radius 1 is 1.31 bits per heavy atom. The molecule has 0 aliphatic carbocycles. The summed E-state index contributed by atoms with van der Waals surface area (Å²) in [5.41, 5.74) is 0. The van der Waals surface area contributed by atoms with Crippen LogP contribution in [0.1, 0.15) is 6.92 Å². The highest BCUT2D eigenvalue weighted by molar-refractivity contribution is 5.80. The summed E-state index contributed by atoms with van der Waals surface area (Å²) in [7, 11) is 3.18. The Bertz CT molecular complexity index is 394. The van der Waals surface area contributed by atoms with Crippen LogP contribution in [0.2, 0.25) is 0 Å². The molecule has 0 saturated heterocycles. The van der Waals surface area contributed by atoms with Crippen LogP contribution >= 0.6 is 0 Å². The van der Waals surface area contributed by atoms with Gasteiger partial charge in [0.25, 0.3) is 5.91 Å². The van der Waals surface area contributed by atoms with E-state index in [-0.39, 0.29) is 11.7 Å². The standard InChI is InChI=1S/C11H13F2NO2/c1-7(11(15)14(2)3)16-8-4-5-9(12)10(13)6-8/h4-7H,1-3H3. The molecule has 1 atom stereocenters. The quantitative estimate of drug-likeness (QED) is 0.791. The number of carbonyl (C=O) groups excluding carboxylic acids is 1. The number of benzene rings is 1. The van der Waals surface area contributed by atoms with Gasteiger partial charge in [-0.3, -0.25) is 4.79 Å². The molecule has 0 bridgehead atoms. The van der Waals surface area contributed by atoms with Gasteiger partial charge in [-0.15, -0.1) is 0 Å². The molecule has 0 fully saturated rings. The highest BCUT2D eigenvalue weighted by Crippen LogP contribution is 2.17. The van der Waals surface area contributed by atoms with Crippen LogP contribution in [0, 0.1) is 11.6 Å². The number of carbonyl (C=O) groups is 1. The first-order valence-corrected chi connectivity index (χ1v) is 4.74. The highest BCUT2D eigenvalue weighted by Gasteiger charge is 2.17. The fourth-order valence-electron chi connectivity index (χ4n) is 1.17. The number of ether oxygens (including phenoxy) is 1. The maximum absolute atomic E-state index is 12.8. The first-order chi connectivity index (χ1) is 7.41. The van der Waals surface area contributed by atoms with Crippen LogP contribution in [-0.4, -0.2) is 31.0 Å². The summed E-state index contributed by atoms with van der Waals surface area (Å²) in [6.07, 6.45) is -0.736. The smallest absolute Gasteiger partial charge is 0.262 e. The van der Waals surface area contributed by atoms with Crippen LogP contribution in [0.3, 0.4) is 0 Å². The van der Waals surface area contributed by atoms with Gasteiger partial charge < -0.3 is 9.64 Å². The van der Waals surface area contributed by atoms with Crippen molar-refractivity contribution in [2.45, 2.75) is 13.0 Å². The molecule has 3 nitrogen and oxygen atoms in total. The zero-order valence-corrected chi connectivity index (χ0v) is 9.33. The lowest BCUT2D eigenvalue weighted by atomic mass is 10.3. The van der Waals surface area contributed by atoms with E-state index in [0.29, 0.717) is 0 Å². The van der Waals surface area contributed by atoms with Crippen LogP contribution in [0.4, 0.5) is 8.78 Å². The number of likely N-dealkylation sites (N-methyl/N-ethyl adjacent to an activating group) is 1. The molecule has 1 aromatic carbocycles. The van der Waals surface area contributed by atoms with Crippen LogP contribution in [0.5, 0.6) is 5.75 Å². The molecular formula is C11H13F2NO2. The normalized spacial score (nSPS) is 12.1. The summed E-state index contributed by atoms with van der Waals surface area (Å²) < 4.78 is 30.6. The summed E-state index contributed by atoms with van der Waals surface area (Å²) >= 11 is 0. The minimum absolute atomic E-state index is 0.126. The predicted molar refractivity (Wildman–Crippen MR) is 55.1 cm³/mol. The van der Waals surface area contributed by atoms with Crippen LogP contribution in [0.15, 0.2) is 18.2 Å². The summed E-state index contributed by atoms with van der Waals surface area (Å²) in [5, 5.41) is 0. The Kier molecular flexibility index (Phi) is 3.82. The summed E-state index contributed by atoms with van der Waals surface area (Å²) in [4.78, 5) is 12.8. The fourth-order valence-corrected chi connectivity index (χ4v) is 1.17. The second-order valence-electron chi connectivity index (χ2n) is 3.57. The fraction of sp³-hybridized carbons (Fsp3) is 0.364. The highest BCUT2D eigenvalue weighted by atomic mass is 19.2. The average molecular weight is 229 g/mol. The van der Waals surface area contributed by atoms with E-state index in [1.165, 1.54) is 11.0 Å². The number of halogens is 2. The van der Waals surface area contributed by atoms with Gasteiger partial charge in [0.2, 0.25) is 0 Å². The molecule has 0 N–H and O–H groups in total. The lowest BCUT2D eigenvalue weighted by Crippen LogP contribution is -2.35. The zero-order valence-electron chi connectivity index (χ0n) is 9.33. The van der Waals surface area contributed by atoms with E-state index in [9.17, 15) is 13.6 Å². The third-order valence-corrected chi connectivity index (χ3v) is 1.99. The zero-order chi connectivity index (χ0) is 12.3. The molecule has 16 heavy (non-hydrogen) atoms. The predicted octanol–water partition coefficient (Wildman–Crippen LogP) is 1.82. The third-order valence-electron chi connectivity index (χ3n) is 1.99. The van der Waals surface area contributed by atoms with Crippen molar-refractivity contribution in [2.75, 3.05) is 14.1 Å². The van der Waals surface area contributed by atoms with Crippen molar-refractivity contribution in [3.63, 3.8) is 0 Å². The van der Waals surface area contributed by atoms with E-state index in [1.807, 2.05) is 0 Å². The Morgan fingerprint density at radius 3 is 2.44 bits per heavy atom. The van der Waals surface area contributed by atoms with Gasteiger partial charge in [0.05, 0.1) is 0 Å². The number of amides is 1. The molecule has 88 valence electrons. The van der Waals surface area contributed by atoms with E-state index < -0.39 is 17.7 Å². The summed E-state index contributed by atoms with van der Waals surface area (Å²) in [5.74, 6) is -2.06. The van der Waals surface area contributed by atoms with Crippen LogP contribution in [-0.2, 0) is 4.79 Å². The molecule has 0 radical (unpaired) electrons. The lowest BCUT2D eigenvalue weighted by Gasteiger charge is -2.18. The van der Waals surface area contributed by atoms with E-state index in [0.717, 1.165) is 12.1 Å². The molecule has 1 amide bonds. The molecule has 1 aromatic rings. The van der Waals surface area contributed by atoms with Crippen molar-refractivity contribution in [2.24, 2.45) is 0 Å². The Labute approximate surface area is 92.6 Å². The molecule has 1 rings (SSSR count). The first-order valence-electron chi connectivity index (χ1n) is 4.74. The molecular weight excluding hydrogens is 216 g/mol. The summed E-state index contributed by atoms with van der Waals surface area (Å²) in [6, 6.07) is 3.14. The Morgan fingerprint density at radius 2 is 1.94 bits per heavy atom. The molecule has 0 aromatic heterocycles. The first kappa shape index (κ1) is 12.4. The Hall–Kier alpha value is -1.65. The third kappa shape index (κ3) is 2.92. The molecule has 0 heterocycles. The SMILES string of the molecule is CC(Oc1ccc(F)c(F)c1)C(=O)N(C)C. The number of nitrogens with zero attached hydrogens (tertiary/aromatic N) is 1.